The number of ether oxygens (including phenoxy) is 1. The molecule has 0 N–H and O–H groups in total. The molecule has 0 saturated carbocycles. The summed E-state index contributed by atoms with van der Waals surface area (Å²) in [7, 11) is 0. The maximum atomic E-state index is 12.3. The first kappa shape index (κ1) is 18.9. The number of benzene rings is 1. The number of pyridine rings is 1. The van der Waals surface area contributed by atoms with Gasteiger partial charge in [0.25, 0.3) is 11.4 Å². The molecule has 4 rings (SSSR count). The Bertz CT molecular complexity index is 1170. The van der Waals surface area contributed by atoms with Crippen molar-refractivity contribution < 1.29 is 22.4 Å². The van der Waals surface area contributed by atoms with Crippen LogP contribution in [0.2, 0.25) is 0 Å². The first-order valence-corrected chi connectivity index (χ1v) is 9.23. The van der Waals surface area contributed by atoms with Crippen LogP contribution in [0, 0.1) is 0 Å². The second-order valence-corrected chi connectivity index (χ2v) is 6.79. The summed E-state index contributed by atoms with van der Waals surface area (Å²) >= 11 is 1.51. The molecular weight excluding hydrogens is 407 g/mol. The lowest BCUT2D eigenvalue weighted by Crippen LogP contribution is -2.19. The van der Waals surface area contributed by atoms with E-state index in [4.69, 9.17) is 4.52 Å². The van der Waals surface area contributed by atoms with Crippen LogP contribution in [0.5, 0.6) is 5.75 Å². The van der Waals surface area contributed by atoms with Crippen molar-refractivity contribution in [3.05, 3.63) is 75.3 Å². The van der Waals surface area contributed by atoms with Crippen LogP contribution in [-0.4, -0.2) is 21.1 Å². The molecule has 0 amide bonds. The van der Waals surface area contributed by atoms with Crippen molar-refractivity contribution in [1.29, 1.82) is 0 Å². The molecule has 0 unspecified atom stereocenters. The van der Waals surface area contributed by atoms with Gasteiger partial charge in [-0.15, -0.1) is 13.2 Å². The van der Waals surface area contributed by atoms with E-state index in [-0.39, 0.29) is 23.7 Å². The molecule has 0 bridgehead atoms. The van der Waals surface area contributed by atoms with E-state index >= 15 is 0 Å². The van der Waals surface area contributed by atoms with Crippen molar-refractivity contribution in [3.63, 3.8) is 0 Å². The lowest BCUT2D eigenvalue weighted by atomic mass is 10.2. The predicted molar refractivity (Wildman–Crippen MR) is 99.5 cm³/mol. The first-order chi connectivity index (χ1) is 13.9. The highest BCUT2D eigenvalue weighted by atomic mass is 32.1. The van der Waals surface area contributed by atoms with Crippen LogP contribution in [-0.2, 0) is 6.54 Å². The molecule has 0 radical (unpaired) electrons. The van der Waals surface area contributed by atoms with Crippen LogP contribution in [0.1, 0.15) is 5.56 Å². The van der Waals surface area contributed by atoms with Crippen LogP contribution in [0.3, 0.4) is 0 Å². The summed E-state index contributed by atoms with van der Waals surface area (Å²) in [5, 5.41) is 7.73. The lowest BCUT2D eigenvalue weighted by molar-refractivity contribution is -0.274. The zero-order valence-corrected chi connectivity index (χ0v) is 15.4. The van der Waals surface area contributed by atoms with Gasteiger partial charge in [-0.25, -0.2) is 0 Å². The summed E-state index contributed by atoms with van der Waals surface area (Å²) in [6.45, 7) is 0.157. The summed E-state index contributed by atoms with van der Waals surface area (Å²) in [6, 6.07) is 10.1. The van der Waals surface area contributed by atoms with Crippen LogP contribution < -0.4 is 10.3 Å². The maximum absolute atomic E-state index is 12.3. The van der Waals surface area contributed by atoms with Gasteiger partial charge in [0.1, 0.15) is 5.75 Å². The van der Waals surface area contributed by atoms with Gasteiger partial charge in [-0.2, -0.15) is 16.3 Å². The molecule has 0 aliphatic carbocycles. The van der Waals surface area contributed by atoms with E-state index in [2.05, 4.69) is 14.9 Å². The molecule has 0 atom stereocenters. The molecule has 4 aromatic rings. The molecule has 148 valence electrons. The standard InChI is InChI=1S/C19H12F3N3O3S/c20-19(21,22)27-15-4-1-12(2-5-15)9-25-10-13(3-6-16(25)26)18-23-17(24-28-18)14-7-8-29-11-14/h1-8,10-11H,9H2. The Morgan fingerprint density at radius 3 is 2.55 bits per heavy atom. The second kappa shape index (κ2) is 7.55. The van der Waals surface area contributed by atoms with Crippen LogP contribution in [0.15, 0.2) is 68.7 Å². The van der Waals surface area contributed by atoms with Crippen molar-refractivity contribution in [2.75, 3.05) is 0 Å². The van der Waals surface area contributed by atoms with E-state index in [0.717, 1.165) is 5.56 Å². The minimum Gasteiger partial charge on any atom is -0.406 e. The van der Waals surface area contributed by atoms with E-state index in [1.807, 2.05) is 16.8 Å². The number of alkyl halides is 3. The van der Waals surface area contributed by atoms with Gasteiger partial charge in [-0.1, -0.05) is 17.3 Å². The summed E-state index contributed by atoms with van der Waals surface area (Å²) in [4.78, 5) is 16.5. The Labute approximate surface area is 165 Å². The number of hydrogen-bond acceptors (Lipinski definition) is 6. The number of aromatic nitrogens is 3. The largest absolute Gasteiger partial charge is 0.573 e. The van der Waals surface area contributed by atoms with Crippen LogP contribution in [0.4, 0.5) is 13.2 Å². The zero-order valence-electron chi connectivity index (χ0n) is 14.6. The van der Waals surface area contributed by atoms with Gasteiger partial charge in [0.2, 0.25) is 5.82 Å². The summed E-state index contributed by atoms with van der Waals surface area (Å²) in [6.07, 6.45) is -3.19. The van der Waals surface area contributed by atoms with E-state index in [0.29, 0.717) is 17.0 Å². The fourth-order valence-corrected chi connectivity index (χ4v) is 3.26. The van der Waals surface area contributed by atoms with Gasteiger partial charge in [-0.05, 0) is 35.2 Å². The third-order valence-corrected chi connectivity index (χ3v) is 4.63. The Balaban J connectivity index is 1.55. The normalized spacial score (nSPS) is 11.6. The molecule has 0 spiro atoms. The quantitative estimate of drug-likeness (QED) is 0.474. The molecule has 0 aliphatic heterocycles. The topological polar surface area (TPSA) is 70.2 Å². The Hall–Kier alpha value is -3.40. The van der Waals surface area contributed by atoms with E-state index in [1.54, 1.807) is 12.3 Å². The summed E-state index contributed by atoms with van der Waals surface area (Å²) in [5.41, 5.74) is 1.74. The van der Waals surface area contributed by atoms with Gasteiger partial charge >= 0.3 is 6.36 Å². The molecule has 3 heterocycles. The average Bonchev–Trinajstić information content (AvgIpc) is 3.35. The van der Waals surface area contributed by atoms with Gasteiger partial charge in [0.15, 0.2) is 0 Å². The highest BCUT2D eigenvalue weighted by Gasteiger charge is 2.30. The third kappa shape index (κ3) is 4.54. The predicted octanol–water partition coefficient (Wildman–Crippen LogP) is 4.57. The van der Waals surface area contributed by atoms with Gasteiger partial charge in [0, 0.05) is 23.2 Å². The maximum Gasteiger partial charge on any atom is 0.573 e. The molecule has 3 aromatic heterocycles. The molecule has 0 fully saturated rings. The monoisotopic (exact) mass is 419 g/mol. The number of nitrogens with zero attached hydrogens (tertiary/aromatic N) is 3. The van der Waals surface area contributed by atoms with E-state index < -0.39 is 6.36 Å². The highest BCUT2D eigenvalue weighted by Crippen LogP contribution is 2.24. The summed E-state index contributed by atoms with van der Waals surface area (Å²) < 4.78 is 47.3. The first-order valence-electron chi connectivity index (χ1n) is 8.29. The van der Waals surface area contributed by atoms with Crippen LogP contribution >= 0.6 is 11.3 Å². The second-order valence-electron chi connectivity index (χ2n) is 6.01. The van der Waals surface area contributed by atoms with Gasteiger partial charge < -0.3 is 13.8 Å². The Morgan fingerprint density at radius 1 is 1.07 bits per heavy atom. The average molecular weight is 419 g/mol. The van der Waals surface area contributed by atoms with Crippen molar-refractivity contribution in [2.24, 2.45) is 0 Å². The van der Waals surface area contributed by atoms with Crippen molar-refractivity contribution in [3.8, 4) is 28.6 Å². The SMILES string of the molecule is O=c1ccc(-c2nc(-c3ccsc3)no2)cn1Cc1ccc(OC(F)(F)F)cc1. The molecule has 0 saturated heterocycles. The Morgan fingerprint density at radius 2 is 1.86 bits per heavy atom. The zero-order chi connectivity index (χ0) is 20.4. The van der Waals surface area contributed by atoms with Gasteiger partial charge in [0.05, 0.1) is 12.1 Å². The fourth-order valence-electron chi connectivity index (χ4n) is 2.62. The van der Waals surface area contributed by atoms with Crippen molar-refractivity contribution in [2.45, 2.75) is 12.9 Å². The smallest absolute Gasteiger partial charge is 0.406 e. The Kier molecular flexibility index (Phi) is 4.93. The fraction of sp³-hybridized carbons (Fsp3) is 0.105. The summed E-state index contributed by atoms with van der Waals surface area (Å²) in [5.74, 6) is 0.377. The van der Waals surface area contributed by atoms with Crippen molar-refractivity contribution in [1.82, 2.24) is 14.7 Å². The molecule has 10 heteroatoms. The van der Waals surface area contributed by atoms with Crippen LogP contribution in [0.25, 0.3) is 22.8 Å². The third-order valence-electron chi connectivity index (χ3n) is 3.95. The highest BCUT2D eigenvalue weighted by molar-refractivity contribution is 7.08. The molecular formula is C19H12F3N3O3S. The number of thiophene rings is 1. The molecule has 6 nitrogen and oxygen atoms in total. The molecule has 1 aromatic carbocycles. The minimum atomic E-state index is -4.75. The minimum absolute atomic E-state index is 0.157. The van der Waals surface area contributed by atoms with Gasteiger partial charge in [-0.3, -0.25) is 4.79 Å². The number of rotatable bonds is 5. The number of hydrogen-bond donors (Lipinski definition) is 0. The van der Waals surface area contributed by atoms with E-state index in [1.165, 1.54) is 46.2 Å². The lowest BCUT2D eigenvalue weighted by Gasteiger charge is -2.10. The molecule has 0 aliphatic rings. The molecule has 29 heavy (non-hydrogen) atoms. The van der Waals surface area contributed by atoms with Crippen molar-refractivity contribution >= 4 is 11.3 Å². The number of halogens is 3. The van der Waals surface area contributed by atoms with E-state index in [9.17, 15) is 18.0 Å².